The van der Waals surface area contributed by atoms with Crippen molar-refractivity contribution in [3.63, 3.8) is 0 Å². The summed E-state index contributed by atoms with van der Waals surface area (Å²) >= 11 is 0. The fraction of sp³-hybridized carbons (Fsp3) is 0.562. The maximum atomic E-state index is 12.1. The van der Waals surface area contributed by atoms with Crippen molar-refractivity contribution in [2.45, 2.75) is 58.2 Å². The zero-order valence-electron chi connectivity index (χ0n) is 13.4. The molecule has 0 spiro atoms. The molecule has 3 rings (SSSR count). The van der Waals surface area contributed by atoms with Gasteiger partial charge in [0.1, 0.15) is 12.4 Å². The van der Waals surface area contributed by atoms with Crippen LogP contribution in [0.25, 0.3) is 0 Å². The first kappa shape index (κ1) is 14.8. The van der Waals surface area contributed by atoms with Crippen LogP contribution in [0.1, 0.15) is 38.7 Å². The summed E-state index contributed by atoms with van der Waals surface area (Å²) in [7, 11) is 0. The number of nitrogens with one attached hydrogen (secondary N) is 1. The van der Waals surface area contributed by atoms with E-state index in [1.807, 2.05) is 6.07 Å². The molecule has 3 heterocycles. The lowest BCUT2D eigenvalue weighted by atomic mass is 9.93. The largest absolute Gasteiger partial charge is 0.350 e. The molecule has 0 aliphatic carbocycles. The summed E-state index contributed by atoms with van der Waals surface area (Å²) in [5.41, 5.74) is 1.18. The molecule has 1 aliphatic heterocycles. The molecule has 0 saturated carbocycles. The molecule has 118 valence electrons. The maximum absolute atomic E-state index is 12.1. The standard InChI is InChI=1S/C16H23N5O/c1-16(2,3)13-10-20-9-12(5-6-14(20)19-13)18-15(22)11-21-8-4-7-17-21/h4,7-8,10,12H,5-6,9,11H2,1-3H3,(H,18,22)/t12-/m0/s1. The fourth-order valence-corrected chi connectivity index (χ4v) is 2.74. The second-order valence-electron chi connectivity index (χ2n) is 6.95. The lowest BCUT2D eigenvalue weighted by molar-refractivity contribution is -0.122. The van der Waals surface area contributed by atoms with Gasteiger partial charge in [-0.05, 0) is 12.5 Å². The van der Waals surface area contributed by atoms with Gasteiger partial charge in [0.25, 0.3) is 0 Å². The first-order chi connectivity index (χ1) is 10.4. The minimum Gasteiger partial charge on any atom is -0.350 e. The number of aryl methyl sites for hydroxylation is 1. The van der Waals surface area contributed by atoms with Gasteiger partial charge in [-0.2, -0.15) is 5.10 Å². The van der Waals surface area contributed by atoms with E-state index in [0.29, 0.717) is 0 Å². The second-order valence-corrected chi connectivity index (χ2v) is 6.95. The Morgan fingerprint density at radius 3 is 2.95 bits per heavy atom. The van der Waals surface area contributed by atoms with E-state index in [0.717, 1.165) is 30.9 Å². The summed E-state index contributed by atoms with van der Waals surface area (Å²) in [4.78, 5) is 16.8. The molecule has 0 saturated heterocycles. The molecule has 6 heteroatoms. The van der Waals surface area contributed by atoms with Crippen LogP contribution in [-0.4, -0.2) is 31.3 Å². The molecule has 0 fully saturated rings. The van der Waals surface area contributed by atoms with Gasteiger partial charge in [0.2, 0.25) is 5.91 Å². The number of fused-ring (bicyclic) bond motifs is 1. The first-order valence-electron chi connectivity index (χ1n) is 7.75. The number of amides is 1. The number of rotatable bonds is 3. The third-order valence-corrected chi connectivity index (χ3v) is 3.99. The summed E-state index contributed by atoms with van der Waals surface area (Å²) in [6, 6.07) is 1.98. The van der Waals surface area contributed by atoms with Gasteiger partial charge in [0.15, 0.2) is 0 Å². The number of carbonyl (C=O) groups excluding carboxylic acids is 1. The molecule has 6 nitrogen and oxygen atoms in total. The molecule has 0 bridgehead atoms. The molecular formula is C16H23N5O. The Labute approximate surface area is 130 Å². The molecule has 1 amide bonds. The number of imidazole rings is 1. The minimum atomic E-state index is 0.00769. The van der Waals surface area contributed by atoms with Gasteiger partial charge in [-0.15, -0.1) is 0 Å². The topological polar surface area (TPSA) is 64.7 Å². The quantitative estimate of drug-likeness (QED) is 0.934. The minimum absolute atomic E-state index is 0.00769. The van der Waals surface area contributed by atoms with Crippen LogP contribution in [0.2, 0.25) is 0 Å². The Bertz CT molecular complexity index is 651. The zero-order valence-corrected chi connectivity index (χ0v) is 13.4. The van der Waals surface area contributed by atoms with Gasteiger partial charge in [-0.25, -0.2) is 4.98 Å². The van der Waals surface area contributed by atoms with E-state index in [1.165, 1.54) is 0 Å². The number of aromatic nitrogens is 4. The Morgan fingerprint density at radius 1 is 1.45 bits per heavy atom. The van der Waals surface area contributed by atoms with Crippen LogP contribution >= 0.6 is 0 Å². The first-order valence-corrected chi connectivity index (χ1v) is 7.75. The predicted octanol–water partition coefficient (Wildman–Crippen LogP) is 1.51. The third-order valence-electron chi connectivity index (χ3n) is 3.99. The van der Waals surface area contributed by atoms with Gasteiger partial charge in [-0.3, -0.25) is 9.48 Å². The Kier molecular flexibility index (Phi) is 3.76. The summed E-state index contributed by atoms with van der Waals surface area (Å²) in [5, 5.41) is 7.15. The SMILES string of the molecule is CC(C)(C)c1cn2c(n1)CC[C@H](NC(=O)Cn1cccn1)C2. The highest BCUT2D eigenvalue weighted by molar-refractivity contribution is 5.75. The number of hydrogen-bond acceptors (Lipinski definition) is 3. The molecule has 0 radical (unpaired) electrons. The maximum Gasteiger partial charge on any atom is 0.242 e. The molecule has 0 unspecified atom stereocenters. The van der Waals surface area contributed by atoms with E-state index in [-0.39, 0.29) is 23.9 Å². The molecule has 1 aliphatic rings. The highest BCUT2D eigenvalue weighted by atomic mass is 16.2. The van der Waals surface area contributed by atoms with Crippen LogP contribution < -0.4 is 5.32 Å². The van der Waals surface area contributed by atoms with Crippen LogP contribution in [0.15, 0.2) is 24.7 Å². The zero-order chi connectivity index (χ0) is 15.7. The molecule has 22 heavy (non-hydrogen) atoms. The molecule has 2 aromatic rings. The van der Waals surface area contributed by atoms with Crippen LogP contribution in [-0.2, 0) is 29.7 Å². The summed E-state index contributed by atoms with van der Waals surface area (Å²) in [5.74, 6) is 1.14. The van der Waals surface area contributed by atoms with Crippen molar-refractivity contribution >= 4 is 5.91 Å². The van der Waals surface area contributed by atoms with Crippen molar-refractivity contribution in [2.24, 2.45) is 0 Å². The van der Waals surface area contributed by atoms with Gasteiger partial charge in [0.05, 0.1) is 5.69 Å². The average molecular weight is 301 g/mol. The number of carbonyl (C=O) groups is 1. The molecule has 2 aromatic heterocycles. The molecule has 1 N–H and O–H groups in total. The average Bonchev–Trinajstić information content (AvgIpc) is 3.06. The van der Waals surface area contributed by atoms with Gasteiger partial charge in [0, 0.05) is 43.0 Å². The van der Waals surface area contributed by atoms with Crippen molar-refractivity contribution in [3.8, 4) is 0 Å². The van der Waals surface area contributed by atoms with Crippen LogP contribution in [0, 0.1) is 0 Å². The monoisotopic (exact) mass is 301 g/mol. The van der Waals surface area contributed by atoms with E-state index >= 15 is 0 Å². The molecule has 0 aromatic carbocycles. The van der Waals surface area contributed by atoms with E-state index in [9.17, 15) is 4.79 Å². The number of hydrogen-bond donors (Lipinski definition) is 1. The van der Waals surface area contributed by atoms with Crippen molar-refractivity contribution in [2.75, 3.05) is 0 Å². The van der Waals surface area contributed by atoms with Crippen LogP contribution in [0.4, 0.5) is 0 Å². The smallest absolute Gasteiger partial charge is 0.242 e. The van der Waals surface area contributed by atoms with Crippen LogP contribution in [0.5, 0.6) is 0 Å². The van der Waals surface area contributed by atoms with Crippen molar-refractivity contribution in [3.05, 3.63) is 36.2 Å². The highest BCUT2D eigenvalue weighted by Crippen LogP contribution is 2.24. The Hall–Kier alpha value is -2.11. The fourth-order valence-electron chi connectivity index (χ4n) is 2.74. The van der Waals surface area contributed by atoms with E-state index in [2.05, 4.69) is 42.0 Å². The second kappa shape index (κ2) is 5.59. The van der Waals surface area contributed by atoms with Crippen molar-refractivity contribution in [1.29, 1.82) is 0 Å². The van der Waals surface area contributed by atoms with Gasteiger partial charge < -0.3 is 9.88 Å². The highest BCUT2D eigenvalue weighted by Gasteiger charge is 2.25. The summed E-state index contributed by atoms with van der Waals surface area (Å²) < 4.78 is 3.82. The van der Waals surface area contributed by atoms with E-state index in [4.69, 9.17) is 4.98 Å². The summed E-state index contributed by atoms with van der Waals surface area (Å²) in [6.45, 7) is 7.58. The van der Waals surface area contributed by atoms with Crippen molar-refractivity contribution in [1.82, 2.24) is 24.6 Å². The lowest BCUT2D eigenvalue weighted by Crippen LogP contribution is -2.42. The Morgan fingerprint density at radius 2 is 2.27 bits per heavy atom. The third kappa shape index (κ3) is 3.21. The molecule has 1 atom stereocenters. The Balaban J connectivity index is 1.62. The van der Waals surface area contributed by atoms with E-state index < -0.39 is 0 Å². The number of nitrogens with zero attached hydrogens (tertiary/aromatic N) is 4. The van der Waals surface area contributed by atoms with E-state index in [1.54, 1.807) is 17.1 Å². The summed E-state index contributed by atoms with van der Waals surface area (Å²) in [6.07, 6.45) is 7.44. The van der Waals surface area contributed by atoms with Crippen LogP contribution in [0.3, 0.4) is 0 Å². The lowest BCUT2D eigenvalue weighted by Gasteiger charge is -2.24. The normalized spacial score (nSPS) is 18.0. The van der Waals surface area contributed by atoms with Gasteiger partial charge in [-0.1, -0.05) is 20.8 Å². The predicted molar refractivity (Wildman–Crippen MR) is 83.4 cm³/mol. The molecular weight excluding hydrogens is 278 g/mol. The van der Waals surface area contributed by atoms with Gasteiger partial charge >= 0.3 is 0 Å². The van der Waals surface area contributed by atoms with Crippen molar-refractivity contribution < 1.29 is 4.79 Å².